The van der Waals surface area contributed by atoms with Gasteiger partial charge in [0.05, 0.1) is 5.39 Å². The van der Waals surface area contributed by atoms with E-state index < -0.39 is 5.63 Å². The van der Waals surface area contributed by atoms with Gasteiger partial charge in [0, 0.05) is 43.3 Å². The first-order valence-electron chi connectivity index (χ1n) is 10.7. The molecule has 160 valence electrons. The standard InChI is InChI=1S/C26H23N3O3/c1-18-9-11-19(12-10-18)23-20-6-2-3-7-21(20)26(31)32-24(23)25(30)29-16-14-28(15-17-29)22-8-4-5-13-27-22/h2-13H,14-17H2,1H3. The van der Waals surface area contributed by atoms with Crippen LogP contribution < -0.4 is 10.5 Å². The molecule has 1 aliphatic rings. The van der Waals surface area contributed by atoms with Gasteiger partial charge in [-0.1, -0.05) is 54.1 Å². The van der Waals surface area contributed by atoms with Gasteiger partial charge in [-0.15, -0.1) is 0 Å². The third kappa shape index (κ3) is 3.64. The van der Waals surface area contributed by atoms with Crippen LogP contribution in [0.25, 0.3) is 21.9 Å². The molecule has 4 aromatic rings. The number of aryl methyl sites for hydroxylation is 1. The average molecular weight is 425 g/mol. The van der Waals surface area contributed by atoms with E-state index in [1.807, 2.05) is 61.5 Å². The van der Waals surface area contributed by atoms with Crippen molar-refractivity contribution in [1.82, 2.24) is 9.88 Å². The molecule has 1 saturated heterocycles. The highest BCUT2D eigenvalue weighted by atomic mass is 16.4. The Morgan fingerprint density at radius 2 is 1.56 bits per heavy atom. The van der Waals surface area contributed by atoms with Crippen LogP contribution in [0.1, 0.15) is 16.1 Å². The van der Waals surface area contributed by atoms with Gasteiger partial charge >= 0.3 is 5.63 Å². The van der Waals surface area contributed by atoms with Gasteiger partial charge in [0.2, 0.25) is 5.76 Å². The zero-order chi connectivity index (χ0) is 22.1. The summed E-state index contributed by atoms with van der Waals surface area (Å²) < 4.78 is 5.66. The molecular formula is C26H23N3O3. The minimum Gasteiger partial charge on any atom is -0.416 e. The molecule has 0 unspecified atom stereocenters. The van der Waals surface area contributed by atoms with Gasteiger partial charge in [0.15, 0.2) is 0 Å². The van der Waals surface area contributed by atoms with Crippen molar-refractivity contribution in [3.8, 4) is 11.1 Å². The molecule has 0 spiro atoms. The lowest BCUT2D eigenvalue weighted by molar-refractivity contribution is 0.0711. The molecule has 0 saturated carbocycles. The van der Waals surface area contributed by atoms with Crippen molar-refractivity contribution < 1.29 is 9.21 Å². The van der Waals surface area contributed by atoms with Gasteiger partial charge in [-0.05, 0) is 30.7 Å². The van der Waals surface area contributed by atoms with Gasteiger partial charge < -0.3 is 14.2 Å². The third-order valence-electron chi connectivity index (χ3n) is 5.91. The molecule has 0 atom stereocenters. The van der Waals surface area contributed by atoms with Gasteiger partial charge in [-0.25, -0.2) is 9.78 Å². The smallest absolute Gasteiger partial charge is 0.344 e. The van der Waals surface area contributed by atoms with Crippen LogP contribution in [-0.4, -0.2) is 42.0 Å². The van der Waals surface area contributed by atoms with Gasteiger partial charge in [-0.3, -0.25) is 4.79 Å². The number of pyridine rings is 1. The first-order valence-corrected chi connectivity index (χ1v) is 10.7. The SMILES string of the molecule is Cc1ccc(-c2c(C(=O)N3CCN(c4ccccn4)CC3)oc(=O)c3ccccc23)cc1. The minimum absolute atomic E-state index is 0.101. The topological polar surface area (TPSA) is 66.7 Å². The third-order valence-corrected chi connectivity index (χ3v) is 5.91. The van der Waals surface area contributed by atoms with Gasteiger partial charge in [0.1, 0.15) is 5.82 Å². The number of hydrogen-bond acceptors (Lipinski definition) is 5. The Morgan fingerprint density at radius 3 is 2.25 bits per heavy atom. The number of carbonyl (C=O) groups excluding carboxylic acids is 1. The van der Waals surface area contributed by atoms with E-state index in [-0.39, 0.29) is 11.7 Å². The fourth-order valence-electron chi connectivity index (χ4n) is 4.18. The first kappa shape index (κ1) is 20.0. The summed E-state index contributed by atoms with van der Waals surface area (Å²) in [5, 5.41) is 1.20. The second kappa shape index (κ2) is 8.30. The van der Waals surface area contributed by atoms with Crippen LogP contribution in [-0.2, 0) is 0 Å². The monoisotopic (exact) mass is 425 g/mol. The Bertz CT molecular complexity index is 1320. The summed E-state index contributed by atoms with van der Waals surface area (Å²) in [7, 11) is 0. The van der Waals surface area contributed by atoms with E-state index in [0.29, 0.717) is 37.1 Å². The number of carbonyl (C=O) groups is 1. The number of piperazine rings is 1. The van der Waals surface area contributed by atoms with Crippen LogP contribution in [0.5, 0.6) is 0 Å². The number of amides is 1. The van der Waals surface area contributed by atoms with Crippen molar-refractivity contribution in [2.24, 2.45) is 0 Å². The molecule has 0 aliphatic carbocycles. The zero-order valence-electron chi connectivity index (χ0n) is 17.8. The molecule has 1 amide bonds. The highest BCUT2D eigenvalue weighted by Gasteiger charge is 2.28. The molecule has 2 aromatic heterocycles. The fourth-order valence-corrected chi connectivity index (χ4v) is 4.18. The number of nitrogens with zero attached hydrogens (tertiary/aromatic N) is 3. The van der Waals surface area contributed by atoms with Crippen molar-refractivity contribution >= 4 is 22.5 Å². The molecule has 6 heteroatoms. The predicted octanol–water partition coefficient (Wildman–Crippen LogP) is 4.13. The Kier molecular flexibility index (Phi) is 5.19. The molecule has 6 nitrogen and oxygen atoms in total. The molecule has 32 heavy (non-hydrogen) atoms. The summed E-state index contributed by atoms with van der Waals surface area (Å²) in [6.07, 6.45) is 1.77. The quantitative estimate of drug-likeness (QED) is 0.494. The molecule has 1 aliphatic heterocycles. The largest absolute Gasteiger partial charge is 0.416 e. The van der Waals surface area contributed by atoms with E-state index in [4.69, 9.17) is 4.42 Å². The lowest BCUT2D eigenvalue weighted by Gasteiger charge is -2.35. The highest BCUT2D eigenvalue weighted by molar-refractivity contribution is 6.07. The normalized spacial score (nSPS) is 14.0. The Morgan fingerprint density at radius 1 is 0.875 bits per heavy atom. The first-order chi connectivity index (χ1) is 15.6. The summed E-state index contributed by atoms with van der Waals surface area (Å²) in [4.78, 5) is 34.6. The molecule has 0 bridgehead atoms. The molecule has 1 fully saturated rings. The number of fused-ring (bicyclic) bond motifs is 1. The van der Waals surface area contributed by atoms with Crippen LogP contribution in [0, 0.1) is 6.92 Å². The molecule has 0 N–H and O–H groups in total. The maximum absolute atomic E-state index is 13.6. The predicted molar refractivity (Wildman–Crippen MR) is 125 cm³/mol. The van der Waals surface area contributed by atoms with Crippen LogP contribution in [0.15, 0.2) is 82.1 Å². The maximum Gasteiger partial charge on any atom is 0.344 e. The second-order valence-corrected chi connectivity index (χ2v) is 7.97. The number of benzene rings is 2. The second-order valence-electron chi connectivity index (χ2n) is 7.97. The number of rotatable bonds is 3. The number of aromatic nitrogens is 1. The van der Waals surface area contributed by atoms with Crippen molar-refractivity contribution in [3.05, 3.63) is 94.7 Å². The van der Waals surface area contributed by atoms with E-state index in [1.54, 1.807) is 23.2 Å². The maximum atomic E-state index is 13.6. The summed E-state index contributed by atoms with van der Waals surface area (Å²) in [5.41, 5.74) is 2.14. The highest BCUT2D eigenvalue weighted by Crippen LogP contribution is 2.32. The lowest BCUT2D eigenvalue weighted by Crippen LogP contribution is -2.49. The number of anilines is 1. The van der Waals surface area contributed by atoms with Crippen LogP contribution in [0.4, 0.5) is 5.82 Å². The Hall–Kier alpha value is -3.93. The van der Waals surface area contributed by atoms with Crippen LogP contribution >= 0.6 is 0 Å². The average Bonchev–Trinajstić information content (AvgIpc) is 2.85. The van der Waals surface area contributed by atoms with Gasteiger partial charge in [0.25, 0.3) is 5.91 Å². The molecular weight excluding hydrogens is 402 g/mol. The molecule has 2 aromatic carbocycles. The summed E-state index contributed by atoms with van der Waals surface area (Å²) in [5.74, 6) is 0.741. The van der Waals surface area contributed by atoms with Crippen molar-refractivity contribution in [1.29, 1.82) is 0 Å². The fraction of sp³-hybridized carbons (Fsp3) is 0.192. The van der Waals surface area contributed by atoms with Crippen LogP contribution in [0.2, 0.25) is 0 Å². The van der Waals surface area contributed by atoms with Crippen molar-refractivity contribution in [2.75, 3.05) is 31.1 Å². The minimum atomic E-state index is -0.494. The number of hydrogen-bond donors (Lipinski definition) is 0. The molecule has 3 heterocycles. The van der Waals surface area contributed by atoms with Crippen molar-refractivity contribution in [2.45, 2.75) is 6.92 Å². The van der Waals surface area contributed by atoms with Crippen molar-refractivity contribution in [3.63, 3.8) is 0 Å². The molecule has 5 rings (SSSR count). The van der Waals surface area contributed by atoms with E-state index in [2.05, 4.69) is 9.88 Å². The Labute approximate surface area is 185 Å². The summed E-state index contributed by atoms with van der Waals surface area (Å²) in [6.45, 7) is 4.40. The van der Waals surface area contributed by atoms with E-state index in [9.17, 15) is 9.59 Å². The zero-order valence-corrected chi connectivity index (χ0v) is 17.8. The van der Waals surface area contributed by atoms with E-state index >= 15 is 0 Å². The van der Waals surface area contributed by atoms with Gasteiger partial charge in [-0.2, -0.15) is 0 Å². The summed E-state index contributed by atoms with van der Waals surface area (Å²) in [6, 6.07) is 21.0. The molecule has 0 radical (unpaired) electrons. The van der Waals surface area contributed by atoms with Crippen LogP contribution in [0.3, 0.4) is 0 Å². The van der Waals surface area contributed by atoms with E-state index in [0.717, 1.165) is 22.3 Å². The lowest BCUT2D eigenvalue weighted by atomic mass is 9.97. The Balaban J connectivity index is 1.52. The van der Waals surface area contributed by atoms with E-state index in [1.165, 1.54) is 0 Å². The summed E-state index contributed by atoms with van der Waals surface area (Å²) >= 11 is 0.